The van der Waals surface area contributed by atoms with Crippen molar-refractivity contribution in [2.75, 3.05) is 0 Å². The first-order valence-electron chi connectivity index (χ1n) is 9.10. The van der Waals surface area contributed by atoms with Gasteiger partial charge in [0, 0.05) is 41.9 Å². The molecule has 4 aromatic rings. The SMILES string of the molecule is CC(F)(F)c1nc(-c2c[nH]c3cc(OCc4ccccc4)ccc23)ncc1C(=O)O. The second kappa shape index (κ2) is 7.55. The van der Waals surface area contributed by atoms with E-state index in [2.05, 4.69) is 15.0 Å². The largest absolute Gasteiger partial charge is 0.489 e. The molecule has 6 nitrogen and oxygen atoms in total. The van der Waals surface area contributed by atoms with Crippen molar-refractivity contribution in [1.82, 2.24) is 15.0 Å². The number of nitrogens with one attached hydrogen (secondary N) is 1. The third-order valence-electron chi connectivity index (χ3n) is 4.58. The fourth-order valence-corrected chi connectivity index (χ4v) is 3.12. The summed E-state index contributed by atoms with van der Waals surface area (Å²) in [5, 5.41) is 9.86. The summed E-state index contributed by atoms with van der Waals surface area (Å²) in [7, 11) is 0. The van der Waals surface area contributed by atoms with Crippen molar-refractivity contribution in [3.05, 3.63) is 77.7 Å². The first-order chi connectivity index (χ1) is 14.3. The molecule has 0 aliphatic carbocycles. The molecule has 0 atom stereocenters. The van der Waals surface area contributed by atoms with Gasteiger partial charge in [0.15, 0.2) is 5.82 Å². The van der Waals surface area contributed by atoms with Crippen LogP contribution in [0.3, 0.4) is 0 Å². The predicted octanol–water partition coefficient (Wildman–Crippen LogP) is 5.01. The molecule has 0 saturated heterocycles. The Hall–Kier alpha value is -3.81. The summed E-state index contributed by atoms with van der Waals surface area (Å²) in [6.07, 6.45) is 2.51. The summed E-state index contributed by atoms with van der Waals surface area (Å²) in [4.78, 5) is 22.2. The number of carboxylic acid groups (broad SMARTS) is 1. The van der Waals surface area contributed by atoms with E-state index in [-0.39, 0.29) is 5.82 Å². The monoisotopic (exact) mass is 409 g/mol. The highest BCUT2D eigenvalue weighted by Crippen LogP contribution is 2.33. The van der Waals surface area contributed by atoms with Crippen LogP contribution in [0.4, 0.5) is 8.78 Å². The van der Waals surface area contributed by atoms with E-state index in [4.69, 9.17) is 9.84 Å². The molecule has 2 aromatic heterocycles. The molecule has 4 rings (SSSR count). The maximum Gasteiger partial charge on any atom is 0.339 e. The predicted molar refractivity (Wildman–Crippen MR) is 107 cm³/mol. The third kappa shape index (κ3) is 3.84. The van der Waals surface area contributed by atoms with Gasteiger partial charge in [-0.2, -0.15) is 8.78 Å². The molecule has 152 valence electrons. The van der Waals surface area contributed by atoms with E-state index in [1.807, 2.05) is 30.3 Å². The molecule has 0 bridgehead atoms. The number of aromatic nitrogens is 3. The lowest BCUT2D eigenvalue weighted by atomic mass is 10.1. The first kappa shape index (κ1) is 19.5. The molecule has 0 saturated carbocycles. The van der Waals surface area contributed by atoms with Crippen molar-refractivity contribution in [2.24, 2.45) is 0 Å². The lowest BCUT2D eigenvalue weighted by Gasteiger charge is -2.13. The standard InChI is InChI=1S/C22H17F2N3O3/c1-22(23,24)19-17(21(28)29)11-26-20(27-19)16-10-25-18-9-14(7-8-15(16)18)30-12-13-5-3-2-4-6-13/h2-11,25H,12H2,1H3,(H,28,29). The maximum atomic E-state index is 13.9. The van der Waals surface area contributed by atoms with E-state index in [1.165, 1.54) is 0 Å². The Labute approximate surface area is 170 Å². The average Bonchev–Trinajstić information content (AvgIpc) is 3.15. The third-order valence-corrected chi connectivity index (χ3v) is 4.58. The Balaban J connectivity index is 1.66. The Morgan fingerprint density at radius 3 is 2.67 bits per heavy atom. The second-order valence-corrected chi connectivity index (χ2v) is 6.83. The molecule has 30 heavy (non-hydrogen) atoms. The van der Waals surface area contributed by atoms with Gasteiger partial charge in [-0.25, -0.2) is 14.8 Å². The van der Waals surface area contributed by atoms with E-state index >= 15 is 0 Å². The summed E-state index contributed by atoms with van der Waals surface area (Å²) in [5.74, 6) is -4.27. The Bertz CT molecular complexity index is 1220. The first-order valence-corrected chi connectivity index (χ1v) is 9.10. The van der Waals surface area contributed by atoms with Crippen LogP contribution in [0.25, 0.3) is 22.3 Å². The van der Waals surface area contributed by atoms with Crippen molar-refractivity contribution < 1.29 is 23.4 Å². The number of benzene rings is 2. The van der Waals surface area contributed by atoms with Gasteiger partial charge < -0.3 is 14.8 Å². The summed E-state index contributed by atoms with van der Waals surface area (Å²) in [5.41, 5.74) is 0.790. The zero-order chi connectivity index (χ0) is 21.3. The summed E-state index contributed by atoms with van der Waals surface area (Å²) in [6.45, 7) is 1.02. The Morgan fingerprint density at radius 1 is 1.20 bits per heavy atom. The van der Waals surface area contributed by atoms with Gasteiger partial charge in [-0.1, -0.05) is 30.3 Å². The minimum Gasteiger partial charge on any atom is -0.489 e. The fraction of sp³-hybridized carbons (Fsp3) is 0.136. The number of rotatable bonds is 6. The summed E-state index contributed by atoms with van der Waals surface area (Å²) >= 11 is 0. The topological polar surface area (TPSA) is 88.1 Å². The number of aromatic amines is 1. The van der Waals surface area contributed by atoms with Crippen LogP contribution in [0.1, 0.15) is 28.5 Å². The van der Waals surface area contributed by atoms with Gasteiger partial charge in [-0.15, -0.1) is 0 Å². The van der Waals surface area contributed by atoms with E-state index in [0.29, 0.717) is 35.7 Å². The number of fused-ring (bicyclic) bond motifs is 1. The van der Waals surface area contributed by atoms with Crippen molar-refractivity contribution in [1.29, 1.82) is 0 Å². The molecule has 2 N–H and O–H groups in total. The van der Waals surface area contributed by atoms with Gasteiger partial charge in [0.25, 0.3) is 5.92 Å². The molecule has 0 radical (unpaired) electrons. The smallest absolute Gasteiger partial charge is 0.339 e. The highest BCUT2D eigenvalue weighted by atomic mass is 19.3. The molecule has 0 unspecified atom stereocenters. The molecule has 2 heterocycles. The van der Waals surface area contributed by atoms with Crippen molar-refractivity contribution >= 4 is 16.9 Å². The van der Waals surface area contributed by atoms with Crippen LogP contribution in [0.15, 0.2) is 60.9 Å². The molecule has 2 aromatic carbocycles. The van der Waals surface area contributed by atoms with E-state index in [1.54, 1.807) is 24.4 Å². The van der Waals surface area contributed by atoms with E-state index in [0.717, 1.165) is 11.8 Å². The highest BCUT2D eigenvalue weighted by Gasteiger charge is 2.33. The molecule has 0 amide bonds. The van der Waals surface area contributed by atoms with Crippen molar-refractivity contribution in [3.63, 3.8) is 0 Å². The summed E-state index contributed by atoms with van der Waals surface area (Å²) < 4.78 is 33.6. The summed E-state index contributed by atoms with van der Waals surface area (Å²) in [6, 6.07) is 15.1. The highest BCUT2D eigenvalue weighted by molar-refractivity contribution is 5.95. The zero-order valence-electron chi connectivity index (χ0n) is 15.9. The number of carboxylic acids is 1. The van der Waals surface area contributed by atoms with E-state index in [9.17, 15) is 13.6 Å². The van der Waals surface area contributed by atoms with Gasteiger partial charge in [0.05, 0.1) is 0 Å². The number of ether oxygens (including phenoxy) is 1. The van der Waals surface area contributed by atoms with E-state index < -0.39 is 23.1 Å². The zero-order valence-corrected chi connectivity index (χ0v) is 15.9. The maximum absolute atomic E-state index is 13.9. The van der Waals surface area contributed by atoms with Crippen LogP contribution in [0.2, 0.25) is 0 Å². The molecular formula is C22H17F2N3O3. The number of aromatic carboxylic acids is 1. The lowest BCUT2D eigenvalue weighted by molar-refractivity contribution is 0.0106. The lowest BCUT2D eigenvalue weighted by Crippen LogP contribution is -2.17. The number of hydrogen-bond donors (Lipinski definition) is 2. The number of alkyl halides is 2. The number of carbonyl (C=O) groups is 1. The molecule has 0 spiro atoms. The van der Waals surface area contributed by atoms with Crippen LogP contribution in [0.5, 0.6) is 5.75 Å². The number of H-pyrrole nitrogens is 1. The Kier molecular flexibility index (Phi) is 4.91. The molecule has 0 fully saturated rings. The number of halogens is 2. The Morgan fingerprint density at radius 2 is 1.97 bits per heavy atom. The average molecular weight is 409 g/mol. The quantitative estimate of drug-likeness (QED) is 0.467. The van der Waals surface area contributed by atoms with Crippen LogP contribution >= 0.6 is 0 Å². The van der Waals surface area contributed by atoms with Crippen LogP contribution in [-0.2, 0) is 12.5 Å². The minimum absolute atomic E-state index is 0.0146. The van der Waals surface area contributed by atoms with Crippen LogP contribution in [0, 0.1) is 0 Å². The normalized spacial score (nSPS) is 11.6. The van der Waals surface area contributed by atoms with Crippen LogP contribution in [-0.4, -0.2) is 26.0 Å². The van der Waals surface area contributed by atoms with Crippen LogP contribution < -0.4 is 4.74 Å². The molecule has 0 aliphatic rings. The molecule has 8 heteroatoms. The minimum atomic E-state index is -3.42. The van der Waals surface area contributed by atoms with Crippen molar-refractivity contribution in [3.8, 4) is 17.1 Å². The number of hydrogen-bond acceptors (Lipinski definition) is 4. The fourth-order valence-electron chi connectivity index (χ4n) is 3.12. The van der Waals surface area contributed by atoms with Gasteiger partial charge in [-0.3, -0.25) is 0 Å². The van der Waals surface area contributed by atoms with Crippen molar-refractivity contribution in [2.45, 2.75) is 19.5 Å². The molecule has 0 aliphatic heterocycles. The van der Waals surface area contributed by atoms with Gasteiger partial charge in [0.2, 0.25) is 0 Å². The van der Waals surface area contributed by atoms with Gasteiger partial charge >= 0.3 is 5.97 Å². The second-order valence-electron chi connectivity index (χ2n) is 6.83. The molecular weight excluding hydrogens is 392 g/mol. The number of nitrogens with zero attached hydrogens (tertiary/aromatic N) is 2. The van der Waals surface area contributed by atoms with Gasteiger partial charge in [-0.05, 0) is 17.7 Å². The van der Waals surface area contributed by atoms with Gasteiger partial charge in [0.1, 0.15) is 23.6 Å².